The van der Waals surface area contributed by atoms with Crippen LogP contribution in [-0.4, -0.2) is 36.5 Å². The molecule has 140 valence electrons. The lowest BCUT2D eigenvalue weighted by atomic mass is 10.3. The fourth-order valence-electron chi connectivity index (χ4n) is 2.40. The van der Waals surface area contributed by atoms with Crippen molar-refractivity contribution in [2.45, 2.75) is 6.54 Å². The number of nitrogens with one attached hydrogen (secondary N) is 1. The Morgan fingerprint density at radius 3 is 2.15 bits per heavy atom. The molecule has 0 aliphatic carbocycles. The average Bonchev–Trinajstić information content (AvgIpc) is 3.20. The second-order valence-corrected chi connectivity index (χ2v) is 5.69. The van der Waals surface area contributed by atoms with Crippen LogP contribution >= 0.6 is 0 Å². The highest BCUT2D eigenvalue weighted by atomic mass is 16.5. The van der Waals surface area contributed by atoms with Gasteiger partial charge in [-0.2, -0.15) is 5.10 Å². The fourth-order valence-corrected chi connectivity index (χ4v) is 2.40. The largest absolute Gasteiger partial charge is 0.497 e. The smallest absolute Gasteiger partial charge is 0.258 e. The second kappa shape index (κ2) is 8.75. The van der Waals surface area contributed by atoms with E-state index in [0.29, 0.717) is 12.3 Å². The summed E-state index contributed by atoms with van der Waals surface area (Å²) in [6.45, 7) is 0.263. The van der Waals surface area contributed by atoms with Crippen molar-refractivity contribution in [3.63, 3.8) is 0 Å². The maximum absolute atomic E-state index is 12.0. The first-order chi connectivity index (χ1) is 13.2. The Morgan fingerprint density at radius 1 is 0.926 bits per heavy atom. The second-order valence-electron chi connectivity index (χ2n) is 5.69. The van der Waals surface area contributed by atoms with Crippen molar-refractivity contribution in [2.24, 2.45) is 0 Å². The molecular weight excluding hydrogens is 346 g/mol. The quantitative estimate of drug-likeness (QED) is 0.662. The Morgan fingerprint density at radius 2 is 1.52 bits per heavy atom. The predicted octanol–water partition coefficient (Wildman–Crippen LogP) is 2.58. The fraction of sp³-hybridized carbons (Fsp3) is 0.200. The number of aromatic nitrogens is 2. The van der Waals surface area contributed by atoms with E-state index in [1.54, 1.807) is 43.2 Å². The Kier molecular flexibility index (Phi) is 5.94. The predicted molar refractivity (Wildman–Crippen MR) is 100 cm³/mol. The van der Waals surface area contributed by atoms with E-state index in [1.807, 2.05) is 36.5 Å². The topological polar surface area (TPSA) is 74.6 Å². The van der Waals surface area contributed by atoms with Gasteiger partial charge < -0.3 is 19.5 Å². The van der Waals surface area contributed by atoms with Gasteiger partial charge in [0.05, 0.1) is 32.1 Å². The molecule has 0 saturated heterocycles. The summed E-state index contributed by atoms with van der Waals surface area (Å²) in [6.07, 6.45) is 1.84. The highest BCUT2D eigenvalue weighted by molar-refractivity contribution is 5.77. The number of carbonyl (C=O) groups is 1. The summed E-state index contributed by atoms with van der Waals surface area (Å²) in [7, 11) is 3.22. The first-order valence-corrected chi connectivity index (χ1v) is 8.40. The van der Waals surface area contributed by atoms with Crippen LogP contribution in [0.2, 0.25) is 0 Å². The van der Waals surface area contributed by atoms with E-state index in [-0.39, 0.29) is 12.5 Å². The number of nitrogens with zero attached hydrogens (tertiary/aromatic N) is 2. The first-order valence-electron chi connectivity index (χ1n) is 8.40. The van der Waals surface area contributed by atoms with E-state index in [2.05, 4.69) is 10.4 Å². The molecule has 27 heavy (non-hydrogen) atoms. The van der Waals surface area contributed by atoms with Gasteiger partial charge in [-0.25, -0.2) is 4.68 Å². The normalized spacial score (nSPS) is 10.3. The van der Waals surface area contributed by atoms with Gasteiger partial charge in [-0.15, -0.1) is 0 Å². The van der Waals surface area contributed by atoms with Crippen LogP contribution in [-0.2, 0) is 11.3 Å². The number of hydrogen-bond acceptors (Lipinski definition) is 5. The summed E-state index contributed by atoms with van der Waals surface area (Å²) < 4.78 is 17.4. The zero-order valence-electron chi connectivity index (χ0n) is 15.2. The number of amides is 1. The first kappa shape index (κ1) is 18.3. The molecule has 1 amide bonds. The van der Waals surface area contributed by atoms with Gasteiger partial charge in [-0.1, -0.05) is 0 Å². The number of ether oxygens (including phenoxy) is 3. The highest BCUT2D eigenvalue weighted by Crippen LogP contribution is 2.17. The molecule has 0 unspecified atom stereocenters. The molecule has 0 atom stereocenters. The highest BCUT2D eigenvalue weighted by Gasteiger charge is 2.06. The van der Waals surface area contributed by atoms with Gasteiger partial charge in [0, 0.05) is 6.20 Å². The molecule has 7 heteroatoms. The van der Waals surface area contributed by atoms with E-state index in [4.69, 9.17) is 14.2 Å². The van der Waals surface area contributed by atoms with Crippen LogP contribution < -0.4 is 19.5 Å². The van der Waals surface area contributed by atoms with Gasteiger partial charge in [-0.3, -0.25) is 4.79 Å². The monoisotopic (exact) mass is 367 g/mol. The molecule has 0 aliphatic rings. The third-order valence-electron chi connectivity index (χ3n) is 3.88. The Balaban J connectivity index is 1.47. The third kappa shape index (κ3) is 5.01. The van der Waals surface area contributed by atoms with Gasteiger partial charge in [0.2, 0.25) is 0 Å². The number of carbonyl (C=O) groups excluding carboxylic acids is 1. The SMILES string of the molecule is COc1ccc(OCC(=O)NCc2ccn(-c3ccc(OC)cc3)n2)cc1. The van der Waals surface area contributed by atoms with Crippen molar-refractivity contribution >= 4 is 5.91 Å². The minimum Gasteiger partial charge on any atom is -0.497 e. The molecule has 0 radical (unpaired) electrons. The summed E-state index contributed by atoms with van der Waals surface area (Å²) >= 11 is 0. The van der Waals surface area contributed by atoms with Crippen molar-refractivity contribution in [1.82, 2.24) is 15.1 Å². The number of benzene rings is 2. The van der Waals surface area contributed by atoms with E-state index in [1.165, 1.54) is 0 Å². The Hall–Kier alpha value is -3.48. The van der Waals surface area contributed by atoms with Crippen molar-refractivity contribution in [3.8, 4) is 22.9 Å². The molecule has 0 aliphatic heterocycles. The zero-order chi connectivity index (χ0) is 19.1. The van der Waals surface area contributed by atoms with Gasteiger partial charge >= 0.3 is 0 Å². The zero-order valence-corrected chi connectivity index (χ0v) is 15.2. The van der Waals surface area contributed by atoms with E-state index < -0.39 is 0 Å². The molecule has 3 aromatic rings. The van der Waals surface area contributed by atoms with Crippen molar-refractivity contribution < 1.29 is 19.0 Å². The van der Waals surface area contributed by atoms with Gasteiger partial charge in [-0.05, 0) is 54.6 Å². The molecule has 7 nitrogen and oxygen atoms in total. The van der Waals surface area contributed by atoms with Crippen LogP contribution in [0.15, 0.2) is 60.8 Å². The molecule has 0 fully saturated rings. The van der Waals surface area contributed by atoms with Crippen LogP contribution in [0, 0.1) is 0 Å². The Bertz CT molecular complexity index is 873. The molecule has 0 saturated carbocycles. The van der Waals surface area contributed by atoms with E-state index >= 15 is 0 Å². The van der Waals surface area contributed by atoms with Crippen LogP contribution in [0.5, 0.6) is 17.2 Å². The van der Waals surface area contributed by atoms with Crippen LogP contribution in [0.25, 0.3) is 5.69 Å². The minimum absolute atomic E-state index is 0.0640. The van der Waals surface area contributed by atoms with Gasteiger partial charge in [0.1, 0.15) is 17.2 Å². The number of methoxy groups -OCH3 is 2. The van der Waals surface area contributed by atoms with Gasteiger partial charge in [0.25, 0.3) is 5.91 Å². The lowest BCUT2D eigenvalue weighted by Crippen LogP contribution is -2.28. The van der Waals surface area contributed by atoms with E-state index in [9.17, 15) is 4.79 Å². The third-order valence-corrected chi connectivity index (χ3v) is 3.88. The summed E-state index contributed by atoms with van der Waals surface area (Å²) in [4.78, 5) is 12.0. The van der Waals surface area contributed by atoms with Crippen molar-refractivity contribution in [2.75, 3.05) is 20.8 Å². The molecule has 2 aromatic carbocycles. The number of rotatable bonds is 8. The van der Waals surface area contributed by atoms with Crippen molar-refractivity contribution in [3.05, 3.63) is 66.5 Å². The molecule has 1 aromatic heterocycles. The summed E-state index contributed by atoms with van der Waals surface area (Å²) in [5, 5.41) is 7.24. The van der Waals surface area contributed by atoms with E-state index in [0.717, 1.165) is 22.9 Å². The molecule has 1 heterocycles. The summed E-state index contributed by atoms with van der Waals surface area (Å²) in [5.74, 6) is 1.91. The summed E-state index contributed by atoms with van der Waals surface area (Å²) in [5.41, 5.74) is 1.67. The number of hydrogen-bond donors (Lipinski definition) is 1. The average molecular weight is 367 g/mol. The maximum Gasteiger partial charge on any atom is 0.258 e. The molecular formula is C20H21N3O4. The molecule has 3 rings (SSSR count). The van der Waals surface area contributed by atoms with Crippen molar-refractivity contribution in [1.29, 1.82) is 0 Å². The molecule has 1 N–H and O–H groups in total. The van der Waals surface area contributed by atoms with Crippen LogP contribution in [0.1, 0.15) is 5.69 Å². The summed E-state index contributed by atoms with van der Waals surface area (Å²) in [6, 6.07) is 16.5. The van der Waals surface area contributed by atoms with Crippen LogP contribution in [0.4, 0.5) is 0 Å². The Labute approximate surface area is 157 Å². The maximum atomic E-state index is 12.0. The lowest BCUT2D eigenvalue weighted by molar-refractivity contribution is -0.123. The standard InChI is InChI=1S/C20H21N3O4/c1-25-17-5-3-16(4-6-17)23-12-11-15(22-23)13-21-20(24)14-27-19-9-7-18(26-2)8-10-19/h3-12H,13-14H2,1-2H3,(H,21,24). The molecule has 0 bridgehead atoms. The molecule has 0 spiro atoms. The lowest BCUT2D eigenvalue weighted by Gasteiger charge is -2.07. The van der Waals surface area contributed by atoms with Gasteiger partial charge in [0.15, 0.2) is 6.61 Å². The minimum atomic E-state index is -0.218. The van der Waals surface area contributed by atoms with Crippen LogP contribution in [0.3, 0.4) is 0 Å².